The minimum absolute atomic E-state index is 0.103. The number of aromatic nitrogens is 3. The molecule has 0 aliphatic carbocycles. The van der Waals surface area contributed by atoms with Crippen LogP contribution in [0.25, 0.3) is 5.65 Å². The lowest BCUT2D eigenvalue weighted by Crippen LogP contribution is -2.41. The van der Waals surface area contributed by atoms with Crippen LogP contribution < -0.4 is 9.47 Å². The first-order valence-corrected chi connectivity index (χ1v) is 15.3. The van der Waals surface area contributed by atoms with Crippen molar-refractivity contribution in [3.63, 3.8) is 0 Å². The van der Waals surface area contributed by atoms with Gasteiger partial charge in [-0.15, -0.1) is 0 Å². The number of hydrogen-bond donors (Lipinski definition) is 0. The lowest BCUT2D eigenvalue weighted by atomic mass is 9.87. The van der Waals surface area contributed by atoms with Gasteiger partial charge in [-0.05, 0) is 92.3 Å². The third-order valence-corrected chi connectivity index (χ3v) is 8.62. The van der Waals surface area contributed by atoms with Crippen molar-refractivity contribution in [2.45, 2.75) is 39.7 Å². The molecule has 10 heteroatoms. The predicted octanol–water partition coefficient (Wildman–Crippen LogP) is 5.34. The highest BCUT2D eigenvalue weighted by molar-refractivity contribution is 5.97. The van der Waals surface area contributed by atoms with Gasteiger partial charge in [-0.1, -0.05) is 23.4 Å². The largest absolute Gasteiger partial charge is 0.494 e. The van der Waals surface area contributed by atoms with Crippen molar-refractivity contribution in [3.8, 4) is 11.5 Å². The zero-order chi connectivity index (χ0) is 31.1. The predicted molar refractivity (Wildman–Crippen MR) is 167 cm³/mol. The Balaban J connectivity index is 1.19. The van der Waals surface area contributed by atoms with Gasteiger partial charge >= 0.3 is 0 Å². The Kier molecular flexibility index (Phi) is 7.48. The number of carbonyl (C=O) groups excluding carboxylic acids is 2. The molecule has 3 aromatic heterocycles. The van der Waals surface area contributed by atoms with E-state index in [0.29, 0.717) is 74.2 Å². The van der Waals surface area contributed by atoms with E-state index in [4.69, 9.17) is 14.0 Å². The molecule has 2 amide bonds. The standard InChI is InChI=1S/C35H35N5O5/c1-22-10-13-39-21-30(36-31(39)18-22)34(41)38-12-5-16-43-27-7-4-6-26(20-27)33-29-9-8-28(44-17-15-38)19-25(29)11-14-40(33)35(42)32-23(2)37-45-24(32)3/h4,6-10,13,18-21,33H,5,11-12,14-17H2,1-3H3. The van der Waals surface area contributed by atoms with Crippen molar-refractivity contribution in [3.05, 3.63) is 112 Å². The summed E-state index contributed by atoms with van der Waals surface area (Å²) in [5, 5.41) is 4.03. The zero-order valence-electron chi connectivity index (χ0n) is 25.7. The Morgan fingerprint density at radius 2 is 1.73 bits per heavy atom. The number of imidazole rings is 1. The average molecular weight is 606 g/mol. The zero-order valence-corrected chi connectivity index (χ0v) is 25.7. The monoisotopic (exact) mass is 605 g/mol. The molecule has 0 spiro atoms. The van der Waals surface area contributed by atoms with Crippen LogP contribution in [0.4, 0.5) is 0 Å². The molecule has 1 unspecified atom stereocenters. The Labute approximate surface area is 261 Å². The minimum Gasteiger partial charge on any atom is -0.494 e. The van der Waals surface area contributed by atoms with E-state index in [1.54, 1.807) is 24.9 Å². The number of ether oxygens (including phenoxy) is 2. The Morgan fingerprint density at radius 1 is 0.889 bits per heavy atom. The van der Waals surface area contributed by atoms with Gasteiger partial charge in [0.25, 0.3) is 11.8 Å². The topological polar surface area (TPSA) is 102 Å². The first-order valence-electron chi connectivity index (χ1n) is 15.3. The van der Waals surface area contributed by atoms with Gasteiger partial charge in [-0.25, -0.2) is 4.98 Å². The van der Waals surface area contributed by atoms with Crippen LogP contribution in [0.2, 0.25) is 0 Å². The highest BCUT2D eigenvalue weighted by Crippen LogP contribution is 2.39. The van der Waals surface area contributed by atoms with Crippen molar-refractivity contribution in [1.82, 2.24) is 24.3 Å². The van der Waals surface area contributed by atoms with E-state index in [9.17, 15) is 9.59 Å². The summed E-state index contributed by atoms with van der Waals surface area (Å²) < 4.78 is 19.6. The van der Waals surface area contributed by atoms with Gasteiger partial charge in [0.15, 0.2) is 0 Å². The fourth-order valence-electron chi connectivity index (χ4n) is 6.36. The molecule has 0 fully saturated rings. The maximum absolute atomic E-state index is 14.0. The molecule has 0 radical (unpaired) electrons. The molecule has 3 aliphatic heterocycles. The van der Waals surface area contributed by atoms with Crippen LogP contribution in [0.3, 0.4) is 0 Å². The van der Waals surface area contributed by atoms with Crippen molar-refractivity contribution in [2.75, 3.05) is 32.8 Å². The van der Waals surface area contributed by atoms with Gasteiger partial charge in [0, 0.05) is 25.5 Å². The minimum atomic E-state index is -0.317. The van der Waals surface area contributed by atoms with E-state index in [0.717, 1.165) is 33.7 Å². The van der Waals surface area contributed by atoms with E-state index >= 15 is 0 Å². The summed E-state index contributed by atoms with van der Waals surface area (Å²) >= 11 is 0. The molecule has 6 heterocycles. The summed E-state index contributed by atoms with van der Waals surface area (Å²) in [7, 11) is 0. The first kappa shape index (κ1) is 28.6. The second-order valence-electron chi connectivity index (χ2n) is 11.7. The van der Waals surface area contributed by atoms with Crippen molar-refractivity contribution < 1.29 is 23.6 Å². The maximum atomic E-state index is 14.0. The second-order valence-corrected chi connectivity index (χ2v) is 11.7. The lowest BCUT2D eigenvalue weighted by molar-refractivity contribution is 0.0686. The molecule has 1 atom stereocenters. The molecule has 230 valence electrons. The summed E-state index contributed by atoms with van der Waals surface area (Å²) in [6, 6.07) is 17.6. The molecule has 6 bridgehead atoms. The van der Waals surface area contributed by atoms with Gasteiger partial charge < -0.3 is 28.2 Å². The summed E-state index contributed by atoms with van der Waals surface area (Å²) in [5.74, 6) is 1.72. The lowest BCUT2D eigenvalue weighted by Gasteiger charge is -2.38. The molecule has 0 saturated carbocycles. The number of pyridine rings is 1. The van der Waals surface area contributed by atoms with Crippen molar-refractivity contribution in [2.24, 2.45) is 0 Å². The smallest absolute Gasteiger partial charge is 0.274 e. The fraction of sp³-hybridized carbons (Fsp3) is 0.314. The molecule has 0 N–H and O–H groups in total. The number of aryl methyl sites for hydroxylation is 3. The Bertz CT molecular complexity index is 1890. The van der Waals surface area contributed by atoms with Crippen LogP contribution in [0.5, 0.6) is 11.5 Å². The average Bonchev–Trinajstić information content (AvgIpc) is 3.62. The quantitative estimate of drug-likeness (QED) is 0.268. The van der Waals surface area contributed by atoms with Gasteiger partial charge in [-0.2, -0.15) is 0 Å². The van der Waals surface area contributed by atoms with Crippen LogP contribution in [-0.4, -0.2) is 69.0 Å². The Morgan fingerprint density at radius 3 is 2.58 bits per heavy atom. The molecule has 0 saturated heterocycles. The summed E-state index contributed by atoms with van der Waals surface area (Å²) in [6.45, 7) is 7.74. The maximum Gasteiger partial charge on any atom is 0.274 e. The van der Waals surface area contributed by atoms with Crippen LogP contribution in [-0.2, 0) is 6.42 Å². The van der Waals surface area contributed by atoms with E-state index in [1.165, 1.54) is 0 Å². The molecule has 10 nitrogen and oxygen atoms in total. The molecular weight excluding hydrogens is 570 g/mol. The summed E-state index contributed by atoms with van der Waals surface area (Å²) in [4.78, 5) is 35.9. The third-order valence-electron chi connectivity index (χ3n) is 8.62. The highest BCUT2D eigenvalue weighted by atomic mass is 16.5. The van der Waals surface area contributed by atoms with Crippen LogP contribution in [0.15, 0.2) is 71.5 Å². The molecule has 45 heavy (non-hydrogen) atoms. The van der Waals surface area contributed by atoms with Crippen LogP contribution in [0.1, 0.15) is 67.0 Å². The third kappa shape index (κ3) is 5.52. The molecule has 8 rings (SSSR count). The summed E-state index contributed by atoms with van der Waals surface area (Å²) in [5.41, 5.74) is 6.43. The van der Waals surface area contributed by atoms with Crippen molar-refractivity contribution >= 4 is 17.5 Å². The van der Waals surface area contributed by atoms with E-state index in [1.807, 2.05) is 71.0 Å². The van der Waals surface area contributed by atoms with Crippen molar-refractivity contribution in [1.29, 1.82) is 0 Å². The number of carbonyl (C=O) groups is 2. The first-order chi connectivity index (χ1) is 21.9. The SMILES string of the molecule is Cc1ccn2cc(C(=O)N3CCCOc4cccc(c4)C4c5ccc(cc5CCN4C(=O)c4c(C)noc4C)OCC3)nc2c1. The number of hydrogen-bond acceptors (Lipinski definition) is 7. The van der Waals surface area contributed by atoms with Gasteiger partial charge in [0.05, 0.1) is 24.9 Å². The fourth-order valence-corrected chi connectivity index (χ4v) is 6.36. The molecule has 3 aliphatic rings. The molecular formula is C35H35N5O5. The second kappa shape index (κ2) is 11.8. The number of benzene rings is 2. The van der Waals surface area contributed by atoms with Crippen LogP contribution in [0, 0.1) is 20.8 Å². The normalized spacial score (nSPS) is 16.8. The summed E-state index contributed by atoms with van der Waals surface area (Å²) in [6.07, 6.45) is 4.99. The van der Waals surface area contributed by atoms with Gasteiger partial charge in [-0.3, -0.25) is 9.59 Å². The number of amides is 2. The number of rotatable bonds is 2. The Hall–Kier alpha value is -5.12. The van der Waals surface area contributed by atoms with Gasteiger partial charge in [0.1, 0.15) is 40.8 Å². The van der Waals surface area contributed by atoms with Gasteiger partial charge in [0.2, 0.25) is 0 Å². The number of fused-ring (bicyclic) bond motifs is 9. The highest BCUT2D eigenvalue weighted by Gasteiger charge is 2.35. The van der Waals surface area contributed by atoms with E-state index in [2.05, 4.69) is 16.2 Å². The van der Waals surface area contributed by atoms with Crippen LogP contribution >= 0.6 is 0 Å². The van der Waals surface area contributed by atoms with E-state index < -0.39 is 0 Å². The van der Waals surface area contributed by atoms with E-state index in [-0.39, 0.29) is 17.9 Å². The molecule has 5 aromatic rings. The molecule has 2 aromatic carbocycles. The number of nitrogens with zero attached hydrogens (tertiary/aromatic N) is 5.